The minimum absolute atomic E-state index is 0.0779. The maximum atomic E-state index is 10.8. The summed E-state index contributed by atoms with van der Waals surface area (Å²) >= 11 is 0. The summed E-state index contributed by atoms with van der Waals surface area (Å²) in [6.07, 6.45) is 5.05. The van der Waals surface area contributed by atoms with Crippen LogP contribution in [0, 0.1) is 0 Å². The van der Waals surface area contributed by atoms with Crippen molar-refractivity contribution in [2.75, 3.05) is 6.54 Å². The van der Waals surface area contributed by atoms with Crippen LogP contribution in [0.4, 0.5) is 4.79 Å². The first-order valence-corrected chi connectivity index (χ1v) is 5.44. The molecule has 0 aromatic carbocycles. The highest BCUT2D eigenvalue weighted by atomic mass is 16.4. The van der Waals surface area contributed by atoms with Crippen molar-refractivity contribution in [1.29, 1.82) is 0 Å². The quantitative estimate of drug-likeness (QED) is 0.555. The smallest absolute Gasteiger partial charge is 0.315 e. The molecule has 1 saturated heterocycles. The Hall–Kier alpha value is -1.26. The Bertz CT molecular complexity index is 231. The lowest BCUT2D eigenvalue weighted by Gasteiger charge is -2.07. The first kappa shape index (κ1) is 11.8. The lowest BCUT2D eigenvalue weighted by Crippen LogP contribution is -2.26. The van der Waals surface area contributed by atoms with Gasteiger partial charge < -0.3 is 15.7 Å². The Morgan fingerprint density at radius 1 is 1.33 bits per heavy atom. The molecule has 1 heterocycles. The Balaban J connectivity index is 1.89. The van der Waals surface area contributed by atoms with E-state index in [1.54, 1.807) is 0 Å². The average molecular weight is 214 g/mol. The van der Waals surface area contributed by atoms with Crippen molar-refractivity contribution in [2.45, 2.75) is 44.6 Å². The Morgan fingerprint density at radius 3 is 2.67 bits per heavy atom. The molecule has 0 saturated carbocycles. The zero-order chi connectivity index (χ0) is 11.1. The summed E-state index contributed by atoms with van der Waals surface area (Å²) in [6.45, 7) is 0.716. The van der Waals surface area contributed by atoms with E-state index in [1.807, 2.05) is 0 Å². The van der Waals surface area contributed by atoms with E-state index in [4.69, 9.17) is 5.11 Å². The summed E-state index contributed by atoms with van der Waals surface area (Å²) in [7, 11) is 0. The predicted molar refractivity (Wildman–Crippen MR) is 55.7 cm³/mol. The highest BCUT2D eigenvalue weighted by molar-refractivity contribution is 5.76. The number of urea groups is 1. The highest BCUT2D eigenvalue weighted by Gasteiger charge is 2.18. The van der Waals surface area contributed by atoms with Crippen molar-refractivity contribution >= 4 is 12.0 Å². The maximum absolute atomic E-state index is 10.8. The van der Waals surface area contributed by atoms with Gasteiger partial charge in [-0.25, -0.2) is 4.79 Å². The van der Waals surface area contributed by atoms with E-state index < -0.39 is 5.97 Å². The minimum Gasteiger partial charge on any atom is -0.481 e. The number of carboxylic acid groups (broad SMARTS) is 1. The van der Waals surface area contributed by atoms with E-state index in [1.165, 1.54) is 0 Å². The van der Waals surface area contributed by atoms with Crippen LogP contribution in [-0.2, 0) is 4.79 Å². The van der Waals surface area contributed by atoms with Crippen LogP contribution in [0.3, 0.4) is 0 Å². The molecule has 0 aromatic heterocycles. The molecule has 1 aliphatic rings. The molecule has 1 rings (SSSR count). The summed E-state index contributed by atoms with van der Waals surface area (Å²) in [5, 5.41) is 13.9. The number of carbonyl (C=O) groups is 2. The van der Waals surface area contributed by atoms with E-state index in [-0.39, 0.29) is 18.5 Å². The molecule has 1 fully saturated rings. The molecule has 1 atom stereocenters. The summed E-state index contributed by atoms with van der Waals surface area (Å²) in [4.78, 5) is 21.0. The molecule has 0 spiro atoms. The fourth-order valence-corrected chi connectivity index (χ4v) is 1.70. The van der Waals surface area contributed by atoms with Gasteiger partial charge in [-0.1, -0.05) is 19.3 Å². The van der Waals surface area contributed by atoms with Crippen LogP contribution in [0.25, 0.3) is 0 Å². The second-order valence-electron chi connectivity index (χ2n) is 3.90. The molecule has 1 unspecified atom stereocenters. The van der Waals surface area contributed by atoms with Crippen LogP contribution in [0.1, 0.15) is 38.5 Å². The monoisotopic (exact) mass is 214 g/mol. The third-order valence-corrected chi connectivity index (χ3v) is 2.54. The molecule has 86 valence electrons. The number of unbranched alkanes of at least 4 members (excludes halogenated alkanes) is 3. The molecule has 2 amide bonds. The normalized spacial score (nSPS) is 19.7. The van der Waals surface area contributed by atoms with Crippen molar-refractivity contribution in [3.63, 3.8) is 0 Å². The van der Waals surface area contributed by atoms with Crippen LogP contribution >= 0.6 is 0 Å². The molecule has 0 bridgehead atoms. The van der Waals surface area contributed by atoms with Crippen molar-refractivity contribution < 1.29 is 14.7 Å². The second kappa shape index (κ2) is 6.27. The van der Waals surface area contributed by atoms with Gasteiger partial charge in [0.2, 0.25) is 0 Å². The minimum atomic E-state index is -0.720. The van der Waals surface area contributed by atoms with Crippen LogP contribution in [0.2, 0.25) is 0 Å². The van der Waals surface area contributed by atoms with Crippen LogP contribution in [-0.4, -0.2) is 29.7 Å². The number of hydrogen-bond donors (Lipinski definition) is 3. The van der Waals surface area contributed by atoms with Gasteiger partial charge in [-0.2, -0.15) is 0 Å². The van der Waals surface area contributed by atoms with E-state index in [2.05, 4.69) is 10.6 Å². The lowest BCUT2D eigenvalue weighted by molar-refractivity contribution is -0.137. The van der Waals surface area contributed by atoms with Crippen molar-refractivity contribution in [1.82, 2.24) is 10.6 Å². The maximum Gasteiger partial charge on any atom is 0.315 e. The van der Waals surface area contributed by atoms with Crippen LogP contribution < -0.4 is 10.6 Å². The zero-order valence-corrected chi connectivity index (χ0v) is 8.79. The van der Waals surface area contributed by atoms with Gasteiger partial charge in [-0.3, -0.25) is 4.79 Å². The van der Waals surface area contributed by atoms with E-state index >= 15 is 0 Å². The summed E-state index contributed by atoms with van der Waals surface area (Å²) < 4.78 is 0. The van der Waals surface area contributed by atoms with Gasteiger partial charge in [-0.05, 0) is 12.8 Å². The van der Waals surface area contributed by atoms with Crippen LogP contribution in [0.5, 0.6) is 0 Å². The molecule has 1 aliphatic heterocycles. The van der Waals surface area contributed by atoms with Gasteiger partial charge in [0.15, 0.2) is 0 Å². The molecule has 5 heteroatoms. The SMILES string of the molecule is O=C(O)CCCCCCC1CNC(=O)N1. The Labute approximate surface area is 89.2 Å². The number of amides is 2. The first-order chi connectivity index (χ1) is 7.18. The van der Waals surface area contributed by atoms with Crippen LogP contribution in [0.15, 0.2) is 0 Å². The third-order valence-electron chi connectivity index (χ3n) is 2.54. The van der Waals surface area contributed by atoms with E-state index in [0.717, 1.165) is 32.1 Å². The van der Waals surface area contributed by atoms with Gasteiger partial charge >= 0.3 is 12.0 Å². The van der Waals surface area contributed by atoms with Gasteiger partial charge in [0, 0.05) is 19.0 Å². The summed E-state index contributed by atoms with van der Waals surface area (Å²) in [6, 6.07) is 0.183. The molecule has 0 radical (unpaired) electrons. The van der Waals surface area contributed by atoms with Crippen molar-refractivity contribution in [3.05, 3.63) is 0 Å². The largest absolute Gasteiger partial charge is 0.481 e. The van der Waals surface area contributed by atoms with Crippen molar-refractivity contribution in [3.8, 4) is 0 Å². The molecule has 3 N–H and O–H groups in total. The highest BCUT2D eigenvalue weighted by Crippen LogP contribution is 2.08. The number of rotatable bonds is 7. The molecule has 5 nitrogen and oxygen atoms in total. The van der Waals surface area contributed by atoms with Gasteiger partial charge in [-0.15, -0.1) is 0 Å². The zero-order valence-electron chi connectivity index (χ0n) is 8.79. The van der Waals surface area contributed by atoms with Gasteiger partial charge in [0.1, 0.15) is 0 Å². The fraction of sp³-hybridized carbons (Fsp3) is 0.800. The Kier molecular flexibility index (Phi) is 4.93. The fourth-order valence-electron chi connectivity index (χ4n) is 1.70. The van der Waals surface area contributed by atoms with E-state index in [0.29, 0.717) is 6.54 Å². The summed E-state index contributed by atoms with van der Waals surface area (Å²) in [5.41, 5.74) is 0. The average Bonchev–Trinajstić information content (AvgIpc) is 2.57. The van der Waals surface area contributed by atoms with Crippen molar-refractivity contribution in [2.24, 2.45) is 0 Å². The summed E-state index contributed by atoms with van der Waals surface area (Å²) in [5.74, 6) is -0.720. The number of hydrogen-bond acceptors (Lipinski definition) is 2. The molecule has 0 aromatic rings. The second-order valence-corrected chi connectivity index (χ2v) is 3.90. The lowest BCUT2D eigenvalue weighted by atomic mass is 10.1. The molecular formula is C10H18N2O3. The topological polar surface area (TPSA) is 78.4 Å². The number of nitrogens with one attached hydrogen (secondary N) is 2. The number of carbonyl (C=O) groups excluding carboxylic acids is 1. The van der Waals surface area contributed by atoms with Gasteiger partial charge in [0.05, 0.1) is 0 Å². The predicted octanol–water partition coefficient (Wildman–Crippen LogP) is 1.09. The number of aliphatic carboxylic acids is 1. The standard InChI is InChI=1S/C10H18N2O3/c13-9(14)6-4-2-1-3-5-8-7-11-10(15)12-8/h8H,1-7H2,(H,13,14)(H2,11,12,15). The molecule has 0 aliphatic carbocycles. The number of carboxylic acids is 1. The molecule has 15 heavy (non-hydrogen) atoms. The van der Waals surface area contributed by atoms with Gasteiger partial charge in [0.25, 0.3) is 0 Å². The first-order valence-electron chi connectivity index (χ1n) is 5.44. The molecular weight excluding hydrogens is 196 g/mol. The Morgan fingerprint density at radius 2 is 2.07 bits per heavy atom. The van der Waals surface area contributed by atoms with E-state index in [9.17, 15) is 9.59 Å². The third kappa shape index (κ3) is 5.24.